The molecule has 0 bridgehead atoms. The van der Waals surface area contributed by atoms with Gasteiger partial charge >= 0.3 is 12.3 Å². The van der Waals surface area contributed by atoms with Crippen LogP contribution in [0.25, 0.3) is 0 Å². The fourth-order valence-corrected chi connectivity index (χ4v) is 1.18. The molecule has 0 saturated carbocycles. The van der Waals surface area contributed by atoms with Gasteiger partial charge in [-0.2, -0.15) is 5.26 Å². The van der Waals surface area contributed by atoms with Crippen molar-refractivity contribution in [3.63, 3.8) is 0 Å². The lowest BCUT2D eigenvalue weighted by atomic mass is 10.2. The van der Waals surface area contributed by atoms with Gasteiger partial charge in [-0.15, -0.1) is 13.2 Å². The second kappa shape index (κ2) is 5.43. The number of hydrogen-bond acceptors (Lipinski definition) is 6. The van der Waals surface area contributed by atoms with Crippen LogP contribution in [0.1, 0.15) is 23.0 Å². The summed E-state index contributed by atoms with van der Waals surface area (Å²) in [5.41, 5.74) is 3.56. The third kappa shape index (κ3) is 3.48. The maximum absolute atomic E-state index is 12.3. The summed E-state index contributed by atoms with van der Waals surface area (Å²) in [4.78, 5) is 14.9. The SMILES string of the molecule is CCOC(=O)c1cnc(C#N)c(N)c1OC(F)(F)F. The molecule has 9 heteroatoms. The number of rotatable bonds is 3. The van der Waals surface area contributed by atoms with Crippen molar-refractivity contribution >= 4 is 11.7 Å². The summed E-state index contributed by atoms with van der Waals surface area (Å²) in [5.74, 6) is -2.07. The fraction of sp³-hybridized carbons (Fsp3) is 0.300. The number of halogens is 3. The number of pyridine rings is 1. The fourth-order valence-electron chi connectivity index (χ4n) is 1.18. The molecule has 0 aliphatic rings. The van der Waals surface area contributed by atoms with Gasteiger partial charge in [-0.3, -0.25) is 0 Å². The second-order valence-corrected chi connectivity index (χ2v) is 3.14. The van der Waals surface area contributed by atoms with E-state index >= 15 is 0 Å². The van der Waals surface area contributed by atoms with Crippen LogP contribution < -0.4 is 10.5 Å². The summed E-state index contributed by atoms with van der Waals surface area (Å²) in [6.07, 6.45) is -4.32. The van der Waals surface area contributed by atoms with Crippen LogP contribution in [-0.4, -0.2) is 23.9 Å². The molecule has 6 nitrogen and oxygen atoms in total. The molecule has 1 heterocycles. The third-order valence-corrected chi connectivity index (χ3v) is 1.89. The Morgan fingerprint density at radius 2 is 2.21 bits per heavy atom. The van der Waals surface area contributed by atoms with E-state index in [1.165, 1.54) is 13.0 Å². The van der Waals surface area contributed by atoms with Crippen molar-refractivity contribution < 1.29 is 27.4 Å². The van der Waals surface area contributed by atoms with Crippen molar-refractivity contribution in [3.05, 3.63) is 17.5 Å². The van der Waals surface area contributed by atoms with Gasteiger partial charge in [0.15, 0.2) is 11.4 Å². The van der Waals surface area contributed by atoms with Crippen molar-refractivity contribution in [2.75, 3.05) is 12.3 Å². The largest absolute Gasteiger partial charge is 0.573 e. The lowest BCUT2D eigenvalue weighted by molar-refractivity contribution is -0.274. The molecular weight excluding hydrogens is 267 g/mol. The van der Waals surface area contributed by atoms with Crippen molar-refractivity contribution in [2.45, 2.75) is 13.3 Å². The highest BCUT2D eigenvalue weighted by molar-refractivity contribution is 5.94. The van der Waals surface area contributed by atoms with E-state index in [1.54, 1.807) is 0 Å². The van der Waals surface area contributed by atoms with Gasteiger partial charge in [0, 0.05) is 6.20 Å². The van der Waals surface area contributed by atoms with Crippen LogP contribution in [0.2, 0.25) is 0 Å². The van der Waals surface area contributed by atoms with Gasteiger partial charge in [0.1, 0.15) is 17.3 Å². The van der Waals surface area contributed by atoms with E-state index in [1.807, 2.05) is 0 Å². The quantitative estimate of drug-likeness (QED) is 0.841. The van der Waals surface area contributed by atoms with Crippen LogP contribution >= 0.6 is 0 Å². The molecule has 0 aromatic carbocycles. The summed E-state index contributed by atoms with van der Waals surface area (Å²) < 4.78 is 45.0. The monoisotopic (exact) mass is 275 g/mol. The second-order valence-electron chi connectivity index (χ2n) is 3.14. The zero-order valence-corrected chi connectivity index (χ0v) is 9.61. The Bertz CT molecular complexity index is 537. The average molecular weight is 275 g/mol. The third-order valence-electron chi connectivity index (χ3n) is 1.89. The number of nitrogen functional groups attached to an aromatic ring is 1. The van der Waals surface area contributed by atoms with Gasteiger partial charge in [-0.25, -0.2) is 9.78 Å². The van der Waals surface area contributed by atoms with Crippen LogP contribution in [0, 0.1) is 11.3 Å². The summed E-state index contributed by atoms with van der Waals surface area (Å²) in [6.45, 7) is 1.42. The van der Waals surface area contributed by atoms with Crippen molar-refractivity contribution in [1.82, 2.24) is 4.98 Å². The summed E-state index contributed by atoms with van der Waals surface area (Å²) in [5, 5.41) is 8.63. The highest BCUT2D eigenvalue weighted by Gasteiger charge is 2.35. The molecule has 2 N–H and O–H groups in total. The van der Waals surface area contributed by atoms with Crippen LogP contribution in [0.4, 0.5) is 18.9 Å². The Morgan fingerprint density at radius 1 is 1.58 bits per heavy atom. The molecule has 0 fully saturated rings. The van der Waals surface area contributed by atoms with Crippen molar-refractivity contribution in [1.29, 1.82) is 5.26 Å². The number of carbonyl (C=O) groups is 1. The van der Waals surface area contributed by atoms with E-state index < -0.39 is 35.0 Å². The number of aromatic nitrogens is 1. The Balaban J connectivity index is 3.35. The molecule has 0 atom stereocenters. The molecule has 102 valence electrons. The smallest absolute Gasteiger partial charge is 0.462 e. The standard InChI is InChI=1S/C10H8F3N3O3/c1-2-18-9(17)5-4-16-6(3-14)7(15)8(5)19-10(11,12)13/h4H,2,15H2,1H3. The molecule has 0 unspecified atom stereocenters. The van der Waals surface area contributed by atoms with Gasteiger partial charge in [-0.05, 0) is 6.92 Å². The number of esters is 1. The van der Waals surface area contributed by atoms with Gasteiger partial charge < -0.3 is 15.2 Å². The zero-order valence-electron chi connectivity index (χ0n) is 9.61. The first-order chi connectivity index (χ1) is 8.80. The molecule has 0 radical (unpaired) electrons. The molecule has 0 amide bonds. The Hall–Kier alpha value is -2.50. The molecule has 19 heavy (non-hydrogen) atoms. The number of hydrogen-bond donors (Lipinski definition) is 1. The molecule has 1 rings (SSSR count). The lowest BCUT2D eigenvalue weighted by Gasteiger charge is -2.14. The predicted molar refractivity (Wildman–Crippen MR) is 56.0 cm³/mol. The van der Waals surface area contributed by atoms with E-state index in [9.17, 15) is 18.0 Å². The highest BCUT2D eigenvalue weighted by Crippen LogP contribution is 2.33. The molecular formula is C10H8F3N3O3. The molecule has 0 saturated heterocycles. The van der Waals surface area contributed by atoms with Gasteiger partial charge in [0.2, 0.25) is 0 Å². The van der Waals surface area contributed by atoms with E-state index in [-0.39, 0.29) is 6.61 Å². The maximum atomic E-state index is 12.3. The minimum Gasteiger partial charge on any atom is -0.462 e. The Labute approximate surface area is 105 Å². The lowest BCUT2D eigenvalue weighted by Crippen LogP contribution is -2.21. The van der Waals surface area contributed by atoms with Gasteiger partial charge in [0.05, 0.1) is 6.61 Å². The first kappa shape index (κ1) is 14.6. The first-order valence-electron chi connectivity index (χ1n) is 4.91. The maximum Gasteiger partial charge on any atom is 0.573 e. The topological polar surface area (TPSA) is 98.2 Å². The highest BCUT2D eigenvalue weighted by atomic mass is 19.4. The average Bonchev–Trinajstić information content (AvgIpc) is 2.30. The number of carbonyl (C=O) groups excluding carboxylic acids is 1. The number of ether oxygens (including phenoxy) is 2. The van der Waals surface area contributed by atoms with Gasteiger partial charge in [-0.1, -0.05) is 0 Å². The first-order valence-corrected chi connectivity index (χ1v) is 4.91. The number of nitriles is 1. The number of nitrogens with zero attached hydrogens (tertiary/aromatic N) is 2. The normalized spacial score (nSPS) is 10.7. The molecule has 0 aliphatic heterocycles. The summed E-state index contributed by atoms with van der Waals surface area (Å²) in [6, 6.07) is 1.48. The van der Waals surface area contributed by atoms with E-state index in [0.29, 0.717) is 0 Å². The van der Waals surface area contributed by atoms with Crippen LogP contribution in [-0.2, 0) is 4.74 Å². The predicted octanol–water partition coefficient (Wildman–Crippen LogP) is 1.61. The summed E-state index contributed by atoms with van der Waals surface area (Å²) in [7, 11) is 0. The van der Waals surface area contributed by atoms with Crippen molar-refractivity contribution in [3.8, 4) is 11.8 Å². The van der Waals surface area contributed by atoms with Crippen LogP contribution in [0.15, 0.2) is 6.20 Å². The summed E-state index contributed by atoms with van der Waals surface area (Å²) >= 11 is 0. The minimum atomic E-state index is -5.07. The minimum absolute atomic E-state index is 0.0514. The Kier molecular flexibility index (Phi) is 4.16. The Morgan fingerprint density at radius 3 is 2.68 bits per heavy atom. The van der Waals surface area contributed by atoms with Crippen LogP contribution in [0.3, 0.4) is 0 Å². The zero-order chi connectivity index (χ0) is 14.6. The number of alkyl halides is 3. The van der Waals surface area contributed by atoms with E-state index in [0.717, 1.165) is 6.20 Å². The molecule has 0 spiro atoms. The molecule has 1 aromatic heterocycles. The molecule has 0 aliphatic carbocycles. The van der Waals surface area contributed by atoms with E-state index in [2.05, 4.69) is 14.5 Å². The van der Waals surface area contributed by atoms with E-state index in [4.69, 9.17) is 11.0 Å². The number of anilines is 1. The molecule has 1 aromatic rings. The number of nitrogens with two attached hydrogens (primary N) is 1. The van der Waals surface area contributed by atoms with Gasteiger partial charge in [0.25, 0.3) is 0 Å². The van der Waals surface area contributed by atoms with Crippen LogP contribution in [0.5, 0.6) is 5.75 Å². The van der Waals surface area contributed by atoms with Crippen molar-refractivity contribution in [2.24, 2.45) is 0 Å².